The number of hydrogen-bond donors (Lipinski definition) is 0. The lowest BCUT2D eigenvalue weighted by Gasteiger charge is -2.12. The molecule has 0 aliphatic rings. The first-order valence-electron chi connectivity index (χ1n) is 17.6. The van der Waals surface area contributed by atoms with Crippen molar-refractivity contribution >= 4 is 36.1 Å². The van der Waals surface area contributed by atoms with Gasteiger partial charge in [0.2, 0.25) is 0 Å². The molecule has 0 atom stereocenters. The zero-order chi connectivity index (χ0) is 38.2. The van der Waals surface area contributed by atoms with Gasteiger partial charge in [-0.1, -0.05) is 149 Å². The van der Waals surface area contributed by atoms with Gasteiger partial charge in [0.15, 0.2) is 0 Å². The minimum absolute atomic E-state index is 0.950. The quantitative estimate of drug-likeness (QED) is 0.125. The van der Waals surface area contributed by atoms with E-state index in [-0.39, 0.29) is 0 Å². The van der Waals surface area contributed by atoms with Crippen LogP contribution < -0.4 is 0 Å². The van der Waals surface area contributed by atoms with Crippen LogP contribution in [0.25, 0.3) is 41.8 Å². The van der Waals surface area contributed by atoms with Crippen molar-refractivity contribution in [2.75, 3.05) is 0 Å². The molecule has 0 aliphatic heterocycles. The van der Waals surface area contributed by atoms with Crippen LogP contribution in [0.4, 0.5) is 0 Å². The highest BCUT2D eigenvalue weighted by molar-refractivity contribution is 5.83. The van der Waals surface area contributed by atoms with Gasteiger partial charge in [-0.15, -0.1) is 0 Å². The average Bonchev–Trinajstić information content (AvgIpc) is 3.57. The van der Waals surface area contributed by atoms with E-state index in [0.29, 0.717) is 0 Å². The Morgan fingerprint density at radius 1 is 0.538 bits per heavy atom. The topological polar surface area (TPSA) is 9.86 Å². The molecule has 2 heteroatoms. The fourth-order valence-electron chi connectivity index (χ4n) is 6.41. The van der Waals surface area contributed by atoms with Crippen LogP contribution in [0.2, 0.25) is 0 Å². The van der Waals surface area contributed by atoms with Crippen LogP contribution in [0.5, 0.6) is 0 Å². The van der Waals surface area contributed by atoms with Gasteiger partial charge in [0.1, 0.15) is 0 Å². The number of nitrogens with zero attached hydrogens (tertiary/aromatic N) is 2. The standard InChI is InChI=1S/C50H54N2/c1-13-22-28-40(16-4)41(17-5)33-34-44(20-8)51-37(10)46(31-23-14-2)48(38(51)11)35-42(18-6)43(19-7)36-49-39(12)52(45-29-26-25-27-30-45)50(21-9)47(49)32-24-15-3/h13-36H,1-3,6-7,9H2,4-5,8,10-12H3/b28-22-,31-23-,32-24-,34-33-,40-16+,41-17-,42-35+,43-36+,44-20+. The highest BCUT2D eigenvalue weighted by atomic mass is 15.0. The van der Waals surface area contributed by atoms with Crippen LogP contribution in [0.3, 0.4) is 0 Å². The Hall–Kier alpha value is -6.12. The maximum atomic E-state index is 4.26. The summed E-state index contributed by atoms with van der Waals surface area (Å²) in [6, 6.07) is 10.3. The van der Waals surface area contributed by atoms with Gasteiger partial charge in [-0.25, -0.2) is 0 Å². The number of rotatable bonds is 17. The summed E-state index contributed by atoms with van der Waals surface area (Å²) in [4.78, 5) is 0. The Kier molecular flexibility index (Phi) is 15.4. The summed E-state index contributed by atoms with van der Waals surface area (Å²) in [5, 5.41) is 0. The summed E-state index contributed by atoms with van der Waals surface area (Å²) < 4.78 is 4.55. The predicted octanol–water partition coefficient (Wildman–Crippen LogP) is 14.1. The highest BCUT2D eigenvalue weighted by Gasteiger charge is 2.19. The predicted molar refractivity (Wildman–Crippen MR) is 235 cm³/mol. The molecule has 2 heterocycles. The van der Waals surface area contributed by atoms with Crippen LogP contribution in [-0.4, -0.2) is 9.13 Å². The average molecular weight is 683 g/mol. The second-order valence-corrected chi connectivity index (χ2v) is 11.9. The molecule has 1 aromatic carbocycles. The molecule has 0 fully saturated rings. The van der Waals surface area contributed by atoms with E-state index >= 15 is 0 Å². The monoisotopic (exact) mass is 682 g/mol. The molecule has 0 spiro atoms. The van der Waals surface area contributed by atoms with E-state index in [1.807, 2.05) is 55.5 Å². The summed E-state index contributed by atoms with van der Waals surface area (Å²) in [5.41, 5.74) is 14.9. The van der Waals surface area contributed by atoms with Crippen LogP contribution in [-0.2, 0) is 0 Å². The lowest BCUT2D eigenvalue weighted by atomic mass is 9.96. The minimum atomic E-state index is 0.950. The van der Waals surface area contributed by atoms with Crippen molar-refractivity contribution in [1.29, 1.82) is 0 Å². The van der Waals surface area contributed by atoms with Gasteiger partial charge in [0.25, 0.3) is 0 Å². The van der Waals surface area contributed by atoms with Crippen LogP contribution >= 0.6 is 0 Å². The van der Waals surface area contributed by atoms with E-state index in [4.69, 9.17) is 0 Å². The number of para-hydroxylation sites is 1. The maximum Gasteiger partial charge on any atom is 0.0531 e. The fraction of sp³-hybridized carbons (Fsp3) is 0.120. The molecule has 0 saturated carbocycles. The molecule has 3 rings (SSSR count). The number of hydrogen-bond acceptors (Lipinski definition) is 0. The van der Waals surface area contributed by atoms with Crippen molar-refractivity contribution in [3.8, 4) is 5.69 Å². The molecule has 3 aromatic rings. The summed E-state index contributed by atoms with van der Waals surface area (Å²) in [6.45, 7) is 37.0. The summed E-state index contributed by atoms with van der Waals surface area (Å²) in [6.07, 6.45) is 38.4. The SMILES string of the molecule is C=C\C=C/C(=C\C)C(/C=C\C(=C/C)n1c(C)c(/C=C\C=C)c(/C=C(C=C)/C(C=C)=C/c2c(/C=C\C=C)c(C=C)n(-c3ccccc3)c2C)c1C)=C\C. The van der Waals surface area contributed by atoms with E-state index in [0.717, 1.165) is 78.7 Å². The first-order chi connectivity index (χ1) is 25.2. The molecule has 264 valence electrons. The molecule has 0 N–H and O–H groups in total. The Bertz CT molecular complexity index is 2110. The third-order valence-electron chi connectivity index (χ3n) is 9.01. The highest BCUT2D eigenvalue weighted by Crippen LogP contribution is 2.35. The van der Waals surface area contributed by atoms with Crippen molar-refractivity contribution in [1.82, 2.24) is 9.13 Å². The molecule has 0 bridgehead atoms. The number of allylic oxidation sites excluding steroid dienone is 19. The Morgan fingerprint density at radius 2 is 1.06 bits per heavy atom. The van der Waals surface area contributed by atoms with Gasteiger partial charge >= 0.3 is 0 Å². The van der Waals surface area contributed by atoms with Gasteiger partial charge in [-0.3, -0.25) is 0 Å². The van der Waals surface area contributed by atoms with Crippen molar-refractivity contribution < 1.29 is 0 Å². The largest absolute Gasteiger partial charge is 0.318 e. The molecule has 0 saturated heterocycles. The number of aromatic nitrogens is 2. The Balaban J connectivity index is 2.32. The number of benzene rings is 1. The summed E-state index contributed by atoms with van der Waals surface area (Å²) in [5.74, 6) is 0. The van der Waals surface area contributed by atoms with E-state index in [2.05, 4.69) is 168 Å². The van der Waals surface area contributed by atoms with Gasteiger partial charge in [-0.2, -0.15) is 0 Å². The van der Waals surface area contributed by atoms with Crippen molar-refractivity contribution in [2.45, 2.75) is 41.5 Å². The van der Waals surface area contributed by atoms with Gasteiger partial charge in [0, 0.05) is 50.7 Å². The Morgan fingerprint density at radius 3 is 1.56 bits per heavy atom. The zero-order valence-corrected chi connectivity index (χ0v) is 32.0. The van der Waals surface area contributed by atoms with Crippen LogP contribution in [0.15, 0.2) is 177 Å². The van der Waals surface area contributed by atoms with Crippen LogP contribution in [0, 0.1) is 20.8 Å². The third-order valence-corrected chi connectivity index (χ3v) is 9.01. The lowest BCUT2D eigenvalue weighted by molar-refractivity contribution is 0.993. The molecule has 0 unspecified atom stereocenters. The fourth-order valence-corrected chi connectivity index (χ4v) is 6.41. The van der Waals surface area contributed by atoms with E-state index in [1.165, 1.54) is 0 Å². The normalized spacial score (nSPS) is 13.5. The molecule has 0 radical (unpaired) electrons. The van der Waals surface area contributed by atoms with Gasteiger partial charge < -0.3 is 9.13 Å². The maximum absolute atomic E-state index is 4.26. The molecular formula is C50H54N2. The van der Waals surface area contributed by atoms with Crippen molar-refractivity contribution in [3.05, 3.63) is 222 Å². The molecule has 52 heavy (non-hydrogen) atoms. The van der Waals surface area contributed by atoms with Crippen molar-refractivity contribution in [2.24, 2.45) is 0 Å². The minimum Gasteiger partial charge on any atom is -0.318 e. The molecular weight excluding hydrogens is 629 g/mol. The van der Waals surface area contributed by atoms with E-state index in [1.54, 1.807) is 12.2 Å². The third kappa shape index (κ3) is 8.96. The molecule has 2 aromatic heterocycles. The lowest BCUT2D eigenvalue weighted by Crippen LogP contribution is -2.00. The molecule has 0 amide bonds. The van der Waals surface area contributed by atoms with Crippen LogP contribution in [0.1, 0.15) is 65.8 Å². The van der Waals surface area contributed by atoms with Gasteiger partial charge in [0.05, 0.1) is 5.69 Å². The zero-order valence-electron chi connectivity index (χ0n) is 32.0. The summed E-state index contributed by atoms with van der Waals surface area (Å²) >= 11 is 0. The van der Waals surface area contributed by atoms with Crippen molar-refractivity contribution in [3.63, 3.8) is 0 Å². The Labute approximate surface area is 313 Å². The molecule has 0 aliphatic carbocycles. The second kappa shape index (κ2) is 19.9. The smallest absolute Gasteiger partial charge is 0.0531 e. The summed E-state index contributed by atoms with van der Waals surface area (Å²) in [7, 11) is 0. The second-order valence-electron chi connectivity index (χ2n) is 11.9. The van der Waals surface area contributed by atoms with Gasteiger partial charge in [-0.05, 0) is 100 Å². The first kappa shape index (κ1) is 40.3. The molecule has 2 nitrogen and oxygen atoms in total. The first-order valence-corrected chi connectivity index (χ1v) is 17.6. The van der Waals surface area contributed by atoms with E-state index < -0.39 is 0 Å². The van der Waals surface area contributed by atoms with E-state index in [9.17, 15) is 0 Å².